The summed E-state index contributed by atoms with van der Waals surface area (Å²) in [5.74, 6) is -2.58. The zero-order valence-electron chi connectivity index (χ0n) is 18.4. The predicted octanol–water partition coefficient (Wildman–Crippen LogP) is 2.18. The number of carbonyl (C=O) groups is 3. The fourth-order valence-electron chi connectivity index (χ4n) is 4.14. The van der Waals surface area contributed by atoms with E-state index >= 15 is 0 Å². The smallest absolute Gasteiger partial charge is 0.194 e. The van der Waals surface area contributed by atoms with Crippen LogP contribution in [0.4, 0.5) is 0 Å². The number of allylic oxidation sites excluding steroid dienone is 4. The molecule has 4 N–H and O–H groups in total. The van der Waals surface area contributed by atoms with Gasteiger partial charge in [-0.3, -0.25) is 14.4 Å². The Morgan fingerprint density at radius 1 is 1.19 bits per heavy atom. The molecule has 0 fully saturated rings. The number of hydrogen-bond donors (Lipinski definition) is 4. The topological polar surface area (TPSA) is 133 Å². The quantitative estimate of drug-likeness (QED) is 0.318. The molecular formula is C23H27NO7. The van der Waals surface area contributed by atoms with Crippen molar-refractivity contribution in [1.82, 2.24) is 5.32 Å². The molecule has 1 aliphatic heterocycles. The summed E-state index contributed by atoms with van der Waals surface area (Å²) in [6, 6.07) is -0.365. The normalized spacial score (nSPS) is 22.5. The highest BCUT2D eigenvalue weighted by atomic mass is 16.5. The maximum Gasteiger partial charge on any atom is 0.194 e. The van der Waals surface area contributed by atoms with Crippen molar-refractivity contribution in [3.05, 3.63) is 39.8 Å². The summed E-state index contributed by atoms with van der Waals surface area (Å²) >= 11 is 0. The van der Waals surface area contributed by atoms with Crippen molar-refractivity contribution in [3.8, 4) is 17.2 Å². The molecule has 0 aromatic heterocycles. The van der Waals surface area contributed by atoms with Gasteiger partial charge in [-0.15, -0.1) is 0 Å². The van der Waals surface area contributed by atoms with Gasteiger partial charge in [-0.2, -0.15) is 0 Å². The summed E-state index contributed by atoms with van der Waals surface area (Å²) in [7, 11) is 0. The van der Waals surface area contributed by atoms with Gasteiger partial charge >= 0.3 is 0 Å². The highest BCUT2D eigenvalue weighted by molar-refractivity contribution is 6.31. The zero-order chi connectivity index (χ0) is 23.4. The van der Waals surface area contributed by atoms with Crippen LogP contribution in [-0.2, 0) is 15.0 Å². The number of fused-ring (bicyclic) bond motifs is 3. The number of phenolic OH excluding ortho intramolecular Hbond substituents is 2. The first kappa shape index (κ1) is 22.6. The summed E-state index contributed by atoms with van der Waals surface area (Å²) in [4.78, 5) is 38.7. The molecule has 8 heteroatoms. The Labute approximate surface area is 180 Å². The molecule has 0 saturated carbocycles. The summed E-state index contributed by atoms with van der Waals surface area (Å²) < 4.78 is 5.73. The largest absolute Gasteiger partial charge is 0.507 e. The lowest BCUT2D eigenvalue weighted by molar-refractivity contribution is -0.123. The van der Waals surface area contributed by atoms with Crippen molar-refractivity contribution < 1.29 is 34.4 Å². The van der Waals surface area contributed by atoms with Gasteiger partial charge in [0, 0.05) is 17.3 Å². The molecule has 2 atom stereocenters. The van der Waals surface area contributed by atoms with E-state index in [4.69, 9.17) is 4.74 Å². The molecule has 0 radical (unpaired) electrons. The van der Waals surface area contributed by atoms with Gasteiger partial charge in [0.05, 0.1) is 23.8 Å². The van der Waals surface area contributed by atoms with Crippen LogP contribution in [0.5, 0.6) is 17.2 Å². The summed E-state index contributed by atoms with van der Waals surface area (Å²) in [6.07, 6.45) is 1.17. The molecule has 1 aliphatic carbocycles. The second kappa shape index (κ2) is 7.53. The number of ether oxygens (including phenoxy) is 1. The van der Waals surface area contributed by atoms with Crippen molar-refractivity contribution in [2.75, 3.05) is 6.61 Å². The van der Waals surface area contributed by atoms with Gasteiger partial charge in [0.15, 0.2) is 17.3 Å². The summed E-state index contributed by atoms with van der Waals surface area (Å²) in [5, 5.41) is 33.8. The van der Waals surface area contributed by atoms with E-state index in [1.165, 1.54) is 26.8 Å². The number of carbonyl (C=O) groups excluding carboxylic acids is 3. The maximum atomic E-state index is 13.7. The number of nitrogens with one attached hydrogen (secondary N) is 1. The summed E-state index contributed by atoms with van der Waals surface area (Å²) in [6.45, 7) is 9.37. The molecule has 0 spiro atoms. The van der Waals surface area contributed by atoms with E-state index in [0.717, 1.165) is 0 Å². The average Bonchev–Trinajstić information content (AvgIpc) is 2.97. The fourth-order valence-corrected chi connectivity index (χ4v) is 4.14. The van der Waals surface area contributed by atoms with E-state index in [0.29, 0.717) is 5.70 Å². The molecule has 166 valence electrons. The number of phenols is 2. The summed E-state index contributed by atoms with van der Waals surface area (Å²) in [5.41, 5.74) is -1.43. The van der Waals surface area contributed by atoms with Crippen LogP contribution in [0.1, 0.15) is 56.1 Å². The van der Waals surface area contributed by atoms with Gasteiger partial charge in [0.2, 0.25) is 0 Å². The number of Topliss-reactive ketones (excluding diaryl/α,β-unsaturated/α-hetero) is 2. The Balaban J connectivity index is 2.26. The molecule has 1 aromatic rings. The molecule has 0 amide bonds. The Morgan fingerprint density at radius 2 is 1.81 bits per heavy atom. The van der Waals surface area contributed by atoms with Crippen LogP contribution in [0.15, 0.2) is 23.1 Å². The molecule has 3 rings (SSSR count). The monoisotopic (exact) mass is 429 g/mol. The first-order valence-electron chi connectivity index (χ1n) is 10.0. The van der Waals surface area contributed by atoms with Crippen molar-refractivity contribution >= 4 is 17.3 Å². The molecule has 1 aromatic carbocycles. The minimum atomic E-state index is -1.55. The van der Waals surface area contributed by atoms with E-state index in [1.54, 1.807) is 6.92 Å². The lowest BCUT2D eigenvalue weighted by atomic mass is 9.70. The standard InChI is InChI=1S/C23H27NO7/c1-9(2)13(8-25)24-11(4)16-14(27)7-15-23(6,22(16)30)18-20(29)10(3)19(28)17(12(5)26)21(18)31-15/h7,9,13,24-25,28-29H,8H2,1-6H3/t13?,23-/m0/s1. The third-order valence-corrected chi connectivity index (χ3v) is 6.16. The molecule has 1 unspecified atom stereocenters. The van der Waals surface area contributed by atoms with E-state index in [9.17, 15) is 29.7 Å². The number of hydrogen-bond acceptors (Lipinski definition) is 8. The van der Waals surface area contributed by atoms with Gasteiger partial charge < -0.3 is 25.4 Å². The Kier molecular flexibility index (Phi) is 5.48. The molecule has 0 saturated heterocycles. The average molecular weight is 429 g/mol. The molecule has 2 aliphatic rings. The Hall–Kier alpha value is -3.13. The zero-order valence-corrected chi connectivity index (χ0v) is 18.4. The van der Waals surface area contributed by atoms with Crippen LogP contribution in [0, 0.1) is 12.8 Å². The number of rotatable bonds is 5. The van der Waals surface area contributed by atoms with Crippen LogP contribution in [0.2, 0.25) is 0 Å². The molecule has 8 nitrogen and oxygen atoms in total. The third kappa shape index (κ3) is 3.13. The maximum absolute atomic E-state index is 13.7. The number of aromatic hydroxyl groups is 2. The second-order valence-electron chi connectivity index (χ2n) is 8.56. The predicted molar refractivity (Wildman–Crippen MR) is 112 cm³/mol. The van der Waals surface area contributed by atoms with Gasteiger partial charge in [-0.25, -0.2) is 0 Å². The second-order valence-corrected chi connectivity index (χ2v) is 8.56. The third-order valence-electron chi connectivity index (χ3n) is 6.16. The number of aliphatic hydroxyl groups is 1. The lowest BCUT2D eigenvalue weighted by Crippen LogP contribution is -2.43. The van der Waals surface area contributed by atoms with E-state index in [2.05, 4.69) is 5.32 Å². The van der Waals surface area contributed by atoms with Gasteiger partial charge in [0.25, 0.3) is 0 Å². The van der Waals surface area contributed by atoms with Crippen LogP contribution in [-0.4, -0.2) is 45.3 Å². The van der Waals surface area contributed by atoms with E-state index < -0.39 is 28.5 Å². The first-order chi connectivity index (χ1) is 14.4. The van der Waals surface area contributed by atoms with Crippen molar-refractivity contribution in [2.45, 2.75) is 53.0 Å². The number of aliphatic hydroxyl groups excluding tert-OH is 1. The first-order valence-corrected chi connectivity index (χ1v) is 10.0. The van der Waals surface area contributed by atoms with E-state index in [-0.39, 0.29) is 58.1 Å². The SMILES string of the molecule is CC(=O)c1c(O)c(C)c(O)c2c1OC1=CC(=O)C(=C(C)NC(CO)C(C)C)C(=O)[C@@]12C. The number of ketones is 3. The van der Waals surface area contributed by atoms with Crippen molar-refractivity contribution in [3.63, 3.8) is 0 Å². The molecule has 1 heterocycles. The van der Waals surface area contributed by atoms with Crippen LogP contribution >= 0.6 is 0 Å². The van der Waals surface area contributed by atoms with Crippen molar-refractivity contribution in [1.29, 1.82) is 0 Å². The van der Waals surface area contributed by atoms with Gasteiger partial charge in [-0.1, -0.05) is 13.8 Å². The highest BCUT2D eigenvalue weighted by Crippen LogP contribution is 2.57. The van der Waals surface area contributed by atoms with Gasteiger partial charge in [0.1, 0.15) is 34.0 Å². The Morgan fingerprint density at radius 3 is 2.32 bits per heavy atom. The van der Waals surface area contributed by atoms with E-state index in [1.807, 2.05) is 13.8 Å². The minimum Gasteiger partial charge on any atom is -0.507 e. The Bertz CT molecular complexity index is 1080. The van der Waals surface area contributed by atoms with Crippen LogP contribution < -0.4 is 10.1 Å². The molecule has 0 bridgehead atoms. The van der Waals surface area contributed by atoms with Gasteiger partial charge in [-0.05, 0) is 33.6 Å². The fraction of sp³-hybridized carbons (Fsp3) is 0.435. The molecule has 31 heavy (non-hydrogen) atoms. The van der Waals surface area contributed by atoms with Crippen LogP contribution in [0.3, 0.4) is 0 Å². The number of benzene rings is 1. The van der Waals surface area contributed by atoms with Crippen molar-refractivity contribution in [2.24, 2.45) is 5.92 Å². The highest BCUT2D eigenvalue weighted by Gasteiger charge is 2.56. The minimum absolute atomic E-state index is 0.0144. The van der Waals surface area contributed by atoms with Crippen LogP contribution in [0.25, 0.3) is 0 Å². The lowest BCUT2D eigenvalue weighted by Gasteiger charge is -2.30. The molecular weight excluding hydrogens is 402 g/mol.